The van der Waals surface area contributed by atoms with E-state index in [-0.39, 0.29) is 11.5 Å². The molecule has 4 rings (SSSR count). The molecule has 1 aliphatic heterocycles. The number of para-hydroxylation sites is 1. The van der Waals surface area contributed by atoms with Gasteiger partial charge in [0.15, 0.2) is 4.96 Å². The highest BCUT2D eigenvalue weighted by Gasteiger charge is 2.22. The standard InChI is InChI=1S/C19H20N4O2S/c1-13-5-4-6-15(18(25)22-7-2-3-8-22)17(13)20-12-14-11-16(24)23-9-10-26-19(23)21-14/h4-6,9-11,20H,2-3,7-8,12H2,1H3. The van der Waals surface area contributed by atoms with Gasteiger partial charge in [0.2, 0.25) is 0 Å². The first-order valence-electron chi connectivity index (χ1n) is 8.72. The molecule has 2 aromatic heterocycles. The van der Waals surface area contributed by atoms with Crippen LogP contribution in [0.4, 0.5) is 5.69 Å². The van der Waals surface area contributed by atoms with E-state index >= 15 is 0 Å². The summed E-state index contributed by atoms with van der Waals surface area (Å²) in [6.45, 7) is 4.02. The lowest BCUT2D eigenvalue weighted by Crippen LogP contribution is -2.28. The number of hydrogen-bond donors (Lipinski definition) is 1. The largest absolute Gasteiger partial charge is 0.379 e. The second-order valence-electron chi connectivity index (χ2n) is 6.49. The smallest absolute Gasteiger partial charge is 0.258 e. The van der Waals surface area contributed by atoms with Crippen molar-refractivity contribution in [2.45, 2.75) is 26.3 Å². The predicted molar refractivity (Wildman–Crippen MR) is 103 cm³/mol. The fraction of sp³-hybridized carbons (Fsp3) is 0.316. The zero-order valence-corrected chi connectivity index (χ0v) is 15.4. The van der Waals surface area contributed by atoms with E-state index in [2.05, 4.69) is 10.3 Å². The van der Waals surface area contributed by atoms with Gasteiger partial charge in [-0.15, -0.1) is 11.3 Å². The summed E-state index contributed by atoms with van der Waals surface area (Å²) in [7, 11) is 0. The lowest BCUT2D eigenvalue weighted by Gasteiger charge is -2.19. The number of hydrogen-bond acceptors (Lipinski definition) is 5. The summed E-state index contributed by atoms with van der Waals surface area (Å²) in [4.78, 5) is 32.1. The topological polar surface area (TPSA) is 66.7 Å². The lowest BCUT2D eigenvalue weighted by molar-refractivity contribution is 0.0793. The summed E-state index contributed by atoms with van der Waals surface area (Å²) in [6.07, 6.45) is 3.85. The molecule has 3 heterocycles. The quantitative estimate of drug-likeness (QED) is 0.769. The molecule has 0 atom stereocenters. The molecule has 7 heteroatoms. The van der Waals surface area contributed by atoms with Gasteiger partial charge in [-0.2, -0.15) is 0 Å². The van der Waals surface area contributed by atoms with Crippen LogP contribution >= 0.6 is 11.3 Å². The number of benzene rings is 1. The first-order chi connectivity index (χ1) is 12.6. The normalized spacial score (nSPS) is 14.1. The summed E-state index contributed by atoms with van der Waals surface area (Å²) in [6, 6.07) is 7.29. The van der Waals surface area contributed by atoms with Crippen molar-refractivity contribution in [3.05, 3.63) is 63.0 Å². The number of amides is 1. The Balaban J connectivity index is 1.61. The molecular formula is C19H20N4O2S. The lowest BCUT2D eigenvalue weighted by atomic mass is 10.1. The number of rotatable bonds is 4. The van der Waals surface area contributed by atoms with Gasteiger partial charge in [-0.05, 0) is 31.4 Å². The van der Waals surface area contributed by atoms with E-state index in [9.17, 15) is 9.59 Å². The molecule has 1 aromatic carbocycles. The number of thiazole rings is 1. The Labute approximate surface area is 155 Å². The van der Waals surface area contributed by atoms with E-state index in [0.717, 1.165) is 37.2 Å². The number of anilines is 1. The Morgan fingerprint density at radius 3 is 2.92 bits per heavy atom. The Hall–Kier alpha value is -2.67. The van der Waals surface area contributed by atoms with Crippen molar-refractivity contribution in [2.24, 2.45) is 0 Å². The fourth-order valence-electron chi connectivity index (χ4n) is 3.33. The van der Waals surface area contributed by atoms with Crippen molar-refractivity contribution >= 4 is 27.9 Å². The van der Waals surface area contributed by atoms with E-state index in [1.165, 1.54) is 21.8 Å². The monoisotopic (exact) mass is 368 g/mol. The highest BCUT2D eigenvalue weighted by atomic mass is 32.1. The molecule has 1 saturated heterocycles. The minimum absolute atomic E-state index is 0.0652. The molecule has 3 aromatic rings. The highest BCUT2D eigenvalue weighted by molar-refractivity contribution is 7.15. The fourth-order valence-corrected chi connectivity index (χ4v) is 4.07. The summed E-state index contributed by atoms with van der Waals surface area (Å²) in [5, 5.41) is 5.18. The number of nitrogens with one attached hydrogen (secondary N) is 1. The van der Waals surface area contributed by atoms with Gasteiger partial charge >= 0.3 is 0 Å². The van der Waals surface area contributed by atoms with E-state index in [1.54, 1.807) is 6.20 Å². The third-order valence-electron chi connectivity index (χ3n) is 4.70. The van der Waals surface area contributed by atoms with Crippen LogP contribution in [0.15, 0.2) is 40.6 Å². The number of carbonyl (C=O) groups is 1. The molecule has 0 unspecified atom stereocenters. The first kappa shape index (κ1) is 16.8. The minimum atomic E-state index is -0.0915. The molecule has 0 spiro atoms. The van der Waals surface area contributed by atoms with Gasteiger partial charge in [0.1, 0.15) is 0 Å². The number of fused-ring (bicyclic) bond motifs is 1. The molecule has 134 valence electrons. The van der Waals surface area contributed by atoms with Crippen molar-refractivity contribution < 1.29 is 4.79 Å². The van der Waals surface area contributed by atoms with Crippen molar-refractivity contribution in [3.8, 4) is 0 Å². The van der Waals surface area contributed by atoms with Crippen LogP contribution in [0.3, 0.4) is 0 Å². The molecule has 0 aliphatic carbocycles. The van der Waals surface area contributed by atoms with Crippen LogP contribution in [0.25, 0.3) is 4.96 Å². The van der Waals surface area contributed by atoms with Gasteiger partial charge in [0.05, 0.1) is 23.5 Å². The molecule has 1 fully saturated rings. The van der Waals surface area contributed by atoms with Gasteiger partial charge in [-0.1, -0.05) is 12.1 Å². The maximum absolute atomic E-state index is 12.8. The Morgan fingerprint density at radius 2 is 2.12 bits per heavy atom. The number of likely N-dealkylation sites (tertiary alicyclic amines) is 1. The van der Waals surface area contributed by atoms with Crippen LogP contribution in [-0.2, 0) is 6.54 Å². The average molecular weight is 368 g/mol. The zero-order chi connectivity index (χ0) is 18.1. The maximum Gasteiger partial charge on any atom is 0.258 e. The average Bonchev–Trinajstić information content (AvgIpc) is 3.31. The van der Waals surface area contributed by atoms with Gasteiger partial charge in [-0.25, -0.2) is 4.98 Å². The molecule has 26 heavy (non-hydrogen) atoms. The van der Waals surface area contributed by atoms with Crippen LogP contribution in [0.2, 0.25) is 0 Å². The number of carbonyl (C=O) groups excluding carboxylic acids is 1. The van der Waals surface area contributed by atoms with E-state index in [1.807, 2.05) is 35.4 Å². The number of aryl methyl sites for hydroxylation is 1. The summed E-state index contributed by atoms with van der Waals surface area (Å²) >= 11 is 1.43. The van der Waals surface area contributed by atoms with Crippen LogP contribution in [0, 0.1) is 6.92 Å². The molecular weight excluding hydrogens is 348 g/mol. The Kier molecular flexibility index (Phi) is 4.46. The van der Waals surface area contributed by atoms with E-state index in [4.69, 9.17) is 0 Å². The summed E-state index contributed by atoms with van der Waals surface area (Å²) < 4.78 is 1.53. The van der Waals surface area contributed by atoms with E-state index in [0.29, 0.717) is 22.8 Å². The zero-order valence-electron chi connectivity index (χ0n) is 14.6. The summed E-state index contributed by atoms with van der Waals surface area (Å²) in [5.41, 5.74) is 3.08. The van der Waals surface area contributed by atoms with Gasteiger partial charge in [0, 0.05) is 30.7 Å². The van der Waals surface area contributed by atoms with Crippen LogP contribution in [-0.4, -0.2) is 33.3 Å². The molecule has 1 amide bonds. The second-order valence-corrected chi connectivity index (χ2v) is 7.36. The third-order valence-corrected chi connectivity index (χ3v) is 5.46. The van der Waals surface area contributed by atoms with Crippen LogP contribution < -0.4 is 10.9 Å². The molecule has 0 radical (unpaired) electrons. The van der Waals surface area contributed by atoms with Crippen molar-refractivity contribution in [1.29, 1.82) is 0 Å². The first-order valence-corrected chi connectivity index (χ1v) is 9.60. The second kappa shape index (κ2) is 6.92. The highest BCUT2D eigenvalue weighted by Crippen LogP contribution is 2.24. The molecule has 1 N–H and O–H groups in total. The molecule has 0 bridgehead atoms. The maximum atomic E-state index is 12.8. The molecule has 0 saturated carbocycles. The van der Waals surface area contributed by atoms with Gasteiger partial charge in [0.25, 0.3) is 11.5 Å². The third kappa shape index (κ3) is 3.10. The number of aromatic nitrogens is 2. The van der Waals surface area contributed by atoms with Crippen molar-refractivity contribution in [2.75, 3.05) is 18.4 Å². The molecule has 6 nitrogen and oxygen atoms in total. The Morgan fingerprint density at radius 1 is 1.31 bits per heavy atom. The minimum Gasteiger partial charge on any atom is -0.379 e. The predicted octanol–water partition coefficient (Wildman–Crippen LogP) is 2.91. The van der Waals surface area contributed by atoms with Crippen LogP contribution in [0.5, 0.6) is 0 Å². The Bertz CT molecular complexity index is 1020. The van der Waals surface area contributed by atoms with Crippen molar-refractivity contribution in [3.63, 3.8) is 0 Å². The number of nitrogens with zero attached hydrogens (tertiary/aromatic N) is 3. The molecule has 1 aliphatic rings. The summed E-state index contributed by atoms with van der Waals surface area (Å²) in [5.74, 6) is 0.0652. The van der Waals surface area contributed by atoms with Crippen molar-refractivity contribution in [1.82, 2.24) is 14.3 Å². The van der Waals surface area contributed by atoms with Crippen LogP contribution in [0.1, 0.15) is 34.5 Å². The van der Waals surface area contributed by atoms with Gasteiger partial charge in [-0.3, -0.25) is 14.0 Å². The SMILES string of the molecule is Cc1cccc(C(=O)N2CCCC2)c1NCc1cc(=O)n2ccsc2n1. The van der Waals surface area contributed by atoms with Gasteiger partial charge < -0.3 is 10.2 Å². The van der Waals surface area contributed by atoms with E-state index < -0.39 is 0 Å².